The molecule has 1 amide bonds. The number of amides is 1. The van der Waals surface area contributed by atoms with Gasteiger partial charge >= 0.3 is 0 Å². The SMILES string of the molecule is CN1C(=O)C(Cc2ccccc2Cl)N=C(c2ccc(N3CCN(CCO)CC3)nc2)c2cc(Cl)ccc21. The van der Waals surface area contributed by atoms with Crippen LogP contribution in [0.2, 0.25) is 10.0 Å². The first-order valence-electron chi connectivity index (χ1n) is 12.4. The summed E-state index contributed by atoms with van der Waals surface area (Å²) in [6, 6.07) is 16.4. The predicted molar refractivity (Wildman–Crippen MR) is 149 cm³/mol. The largest absolute Gasteiger partial charge is 0.395 e. The summed E-state index contributed by atoms with van der Waals surface area (Å²) >= 11 is 12.8. The summed E-state index contributed by atoms with van der Waals surface area (Å²) in [5.41, 5.74) is 3.91. The molecule has 37 heavy (non-hydrogen) atoms. The van der Waals surface area contributed by atoms with Gasteiger partial charge in [-0.25, -0.2) is 4.98 Å². The number of aliphatic hydroxyl groups is 1. The number of carbonyl (C=O) groups excluding carboxylic acids is 1. The second-order valence-electron chi connectivity index (χ2n) is 9.31. The number of rotatable bonds is 6. The van der Waals surface area contributed by atoms with Crippen LogP contribution in [0.4, 0.5) is 11.5 Å². The maximum absolute atomic E-state index is 13.5. The monoisotopic (exact) mass is 537 g/mol. The molecule has 1 unspecified atom stereocenters. The highest BCUT2D eigenvalue weighted by Crippen LogP contribution is 2.31. The number of fused-ring (bicyclic) bond motifs is 1. The minimum absolute atomic E-state index is 0.108. The number of aliphatic hydroxyl groups excluding tert-OH is 1. The Bertz CT molecular complexity index is 1310. The molecule has 1 saturated heterocycles. The molecule has 0 spiro atoms. The van der Waals surface area contributed by atoms with E-state index in [2.05, 4.69) is 9.80 Å². The number of hydrogen-bond donors (Lipinski definition) is 1. The summed E-state index contributed by atoms with van der Waals surface area (Å²) < 4.78 is 0. The molecule has 2 aromatic carbocycles. The van der Waals surface area contributed by atoms with E-state index in [1.165, 1.54) is 0 Å². The lowest BCUT2D eigenvalue weighted by atomic mass is 10.0. The number of halogens is 2. The Hall–Kier alpha value is -2.97. The number of piperazine rings is 1. The fourth-order valence-electron chi connectivity index (χ4n) is 4.90. The summed E-state index contributed by atoms with van der Waals surface area (Å²) in [6.07, 6.45) is 2.21. The molecule has 0 radical (unpaired) electrons. The fourth-order valence-corrected chi connectivity index (χ4v) is 5.29. The molecule has 2 aliphatic heterocycles. The van der Waals surface area contributed by atoms with Crippen LogP contribution in [0, 0.1) is 0 Å². The molecule has 1 fully saturated rings. The smallest absolute Gasteiger partial charge is 0.251 e. The number of carbonyl (C=O) groups is 1. The Morgan fingerprint density at radius 1 is 1.03 bits per heavy atom. The molecule has 0 bridgehead atoms. The van der Waals surface area contributed by atoms with Gasteiger partial charge in [-0.3, -0.25) is 14.7 Å². The van der Waals surface area contributed by atoms with Crippen LogP contribution in [0.1, 0.15) is 16.7 Å². The number of anilines is 2. The van der Waals surface area contributed by atoms with Crippen molar-refractivity contribution < 1.29 is 9.90 Å². The molecule has 0 saturated carbocycles. The van der Waals surface area contributed by atoms with E-state index >= 15 is 0 Å². The van der Waals surface area contributed by atoms with Gasteiger partial charge in [-0.2, -0.15) is 0 Å². The quantitative estimate of drug-likeness (QED) is 0.515. The Balaban J connectivity index is 1.49. The number of likely N-dealkylation sites (N-methyl/N-ethyl adjacent to an activating group) is 1. The number of aliphatic imine (C=N–C) groups is 1. The maximum atomic E-state index is 13.5. The lowest BCUT2D eigenvalue weighted by Crippen LogP contribution is -2.47. The lowest BCUT2D eigenvalue weighted by Gasteiger charge is -2.35. The zero-order valence-electron chi connectivity index (χ0n) is 20.6. The first-order valence-corrected chi connectivity index (χ1v) is 13.1. The molecule has 1 N–H and O–H groups in total. The Morgan fingerprint density at radius 2 is 1.81 bits per heavy atom. The van der Waals surface area contributed by atoms with Crippen molar-refractivity contribution in [3.05, 3.63) is 87.5 Å². The van der Waals surface area contributed by atoms with Crippen LogP contribution in [0.5, 0.6) is 0 Å². The van der Waals surface area contributed by atoms with Crippen LogP contribution in [-0.4, -0.2) is 79.0 Å². The standard InChI is InChI=1S/C28H29Cl2N5O2/c1-33-25-8-7-21(29)17-22(25)27(32-24(28(33)37)16-19-4-2-3-5-23(19)30)20-6-9-26(31-18-20)35-12-10-34(11-13-35)14-15-36/h2-9,17-18,24,36H,10-16H2,1H3. The number of β-amino-alcohol motifs (C(OH)–C–C–N with tert-alkyl or cyclic N) is 1. The van der Waals surface area contributed by atoms with Crippen LogP contribution in [0.3, 0.4) is 0 Å². The molecule has 1 aromatic heterocycles. The number of benzene rings is 2. The number of aromatic nitrogens is 1. The zero-order chi connectivity index (χ0) is 25.9. The van der Waals surface area contributed by atoms with Gasteiger partial charge in [-0.1, -0.05) is 41.4 Å². The molecule has 0 aliphatic carbocycles. The number of hydrogen-bond acceptors (Lipinski definition) is 6. The number of pyridine rings is 1. The third-order valence-corrected chi connectivity index (χ3v) is 7.58. The molecular weight excluding hydrogens is 509 g/mol. The number of nitrogens with zero attached hydrogens (tertiary/aromatic N) is 5. The Labute approximate surface area is 227 Å². The van der Waals surface area contributed by atoms with Crippen LogP contribution in [0.15, 0.2) is 65.8 Å². The lowest BCUT2D eigenvalue weighted by molar-refractivity contribution is -0.119. The first kappa shape index (κ1) is 25.7. The van der Waals surface area contributed by atoms with Crippen molar-refractivity contribution in [1.82, 2.24) is 9.88 Å². The zero-order valence-corrected chi connectivity index (χ0v) is 22.2. The van der Waals surface area contributed by atoms with E-state index in [9.17, 15) is 9.90 Å². The maximum Gasteiger partial charge on any atom is 0.251 e. The topological polar surface area (TPSA) is 72.3 Å². The van der Waals surface area contributed by atoms with Gasteiger partial charge in [0.25, 0.3) is 5.91 Å². The van der Waals surface area contributed by atoms with Gasteiger partial charge in [-0.15, -0.1) is 0 Å². The van der Waals surface area contributed by atoms with Crippen molar-refractivity contribution >= 4 is 46.3 Å². The van der Waals surface area contributed by atoms with Gasteiger partial charge in [0.1, 0.15) is 11.9 Å². The van der Waals surface area contributed by atoms with E-state index in [1.54, 1.807) is 18.0 Å². The van der Waals surface area contributed by atoms with Crippen LogP contribution in [0.25, 0.3) is 0 Å². The summed E-state index contributed by atoms with van der Waals surface area (Å²) in [5, 5.41) is 10.4. The predicted octanol–water partition coefficient (Wildman–Crippen LogP) is 3.93. The molecule has 192 valence electrons. The van der Waals surface area contributed by atoms with Gasteiger partial charge in [0.2, 0.25) is 0 Å². The molecule has 9 heteroatoms. The molecule has 7 nitrogen and oxygen atoms in total. The molecule has 5 rings (SSSR count). The number of benzodiazepines with no additional fused rings is 1. The minimum Gasteiger partial charge on any atom is -0.395 e. The molecule has 1 atom stereocenters. The average Bonchev–Trinajstić information content (AvgIpc) is 3.01. The van der Waals surface area contributed by atoms with Crippen LogP contribution in [-0.2, 0) is 11.2 Å². The highest BCUT2D eigenvalue weighted by atomic mass is 35.5. The van der Waals surface area contributed by atoms with E-state index < -0.39 is 6.04 Å². The van der Waals surface area contributed by atoms with Gasteiger partial charge in [-0.05, 0) is 42.0 Å². The average molecular weight is 538 g/mol. The first-order chi connectivity index (χ1) is 17.9. The summed E-state index contributed by atoms with van der Waals surface area (Å²) in [5.74, 6) is 0.789. The highest BCUT2D eigenvalue weighted by molar-refractivity contribution is 6.32. The highest BCUT2D eigenvalue weighted by Gasteiger charge is 2.31. The molecule has 3 heterocycles. The van der Waals surface area contributed by atoms with Gasteiger partial charge in [0.05, 0.1) is 18.0 Å². The van der Waals surface area contributed by atoms with Crippen molar-refractivity contribution in [2.45, 2.75) is 12.5 Å². The fraction of sp³-hybridized carbons (Fsp3) is 0.321. The van der Waals surface area contributed by atoms with Crippen molar-refractivity contribution in [2.24, 2.45) is 4.99 Å². The second-order valence-corrected chi connectivity index (χ2v) is 10.1. The van der Waals surface area contributed by atoms with Gasteiger partial charge < -0.3 is 14.9 Å². The van der Waals surface area contributed by atoms with Crippen molar-refractivity contribution in [1.29, 1.82) is 0 Å². The summed E-state index contributed by atoms with van der Waals surface area (Å²) in [7, 11) is 1.77. The Kier molecular flexibility index (Phi) is 7.76. The van der Waals surface area contributed by atoms with Crippen molar-refractivity contribution in [2.75, 3.05) is 56.2 Å². The van der Waals surface area contributed by atoms with Crippen LogP contribution < -0.4 is 9.80 Å². The van der Waals surface area contributed by atoms with E-state index in [4.69, 9.17) is 33.2 Å². The van der Waals surface area contributed by atoms with Gasteiger partial charge in [0.15, 0.2) is 0 Å². The summed E-state index contributed by atoms with van der Waals surface area (Å²) in [4.78, 5) is 29.4. The van der Waals surface area contributed by atoms with Crippen molar-refractivity contribution in [3.63, 3.8) is 0 Å². The van der Waals surface area contributed by atoms with Crippen LogP contribution >= 0.6 is 23.2 Å². The minimum atomic E-state index is -0.648. The summed E-state index contributed by atoms with van der Waals surface area (Å²) in [6.45, 7) is 4.36. The van der Waals surface area contributed by atoms with Gasteiger partial charge in [0, 0.05) is 73.6 Å². The third-order valence-electron chi connectivity index (χ3n) is 6.98. The Morgan fingerprint density at radius 3 is 2.51 bits per heavy atom. The normalized spacial score (nSPS) is 18.4. The van der Waals surface area contributed by atoms with E-state index in [0.29, 0.717) is 28.7 Å². The van der Waals surface area contributed by atoms with Crippen molar-refractivity contribution in [3.8, 4) is 0 Å². The van der Waals surface area contributed by atoms with E-state index in [0.717, 1.165) is 54.4 Å². The molecule has 2 aliphatic rings. The van der Waals surface area contributed by atoms with E-state index in [-0.39, 0.29) is 12.5 Å². The molecule has 3 aromatic rings. The second kappa shape index (κ2) is 11.2. The third kappa shape index (κ3) is 5.50. The van der Waals surface area contributed by atoms with E-state index in [1.807, 2.05) is 54.7 Å². The molecular formula is C28H29Cl2N5O2.